The van der Waals surface area contributed by atoms with Gasteiger partial charge in [0.1, 0.15) is 0 Å². The molecular formula is C13H17N3. The van der Waals surface area contributed by atoms with Crippen LogP contribution in [0.15, 0.2) is 18.2 Å². The fraction of sp³-hybridized carbons (Fsp3) is 0.462. The van der Waals surface area contributed by atoms with E-state index in [4.69, 9.17) is 5.26 Å². The molecule has 0 fully saturated rings. The quantitative estimate of drug-likeness (QED) is 0.782. The molecule has 1 aliphatic heterocycles. The lowest BCUT2D eigenvalue weighted by Crippen LogP contribution is -2.44. The molecule has 1 atom stereocenters. The first-order valence-electron chi connectivity index (χ1n) is 5.64. The van der Waals surface area contributed by atoms with Crippen molar-refractivity contribution in [1.29, 1.82) is 5.26 Å². The molecule has 0 saturated heterocycles. The van der Waals surface area contributed by atoms with Gasteiger partial charge in [-0.2, -0.15) is 5.26 Å². The van der Waals surface area contributed by atoms with Crippen LogP contribution in [0.1, 0.15) is 19.4 Å². The Labute approximate surface area is 96.7 Å². The minimum Gasteiger partial charge on any atom is -0.381 e. The molecule has 0 bridgehead atoms. The van der Waals surface area contributed by atoms with E-state index in [0.717, 1.165) is 23.5 Å². The van der Waals surface area contributed by atoms with Crippen LogP contribution in [-0.2, 0) is 0 Å². The molecule has 0 aliphatic carbocycles. The summed E-state index contributed by atoms with van der Waals surface area (Å²) in [5.74, 6) is 0.594. The van der Waals surface area contributed by atoms with E-state index in [-0.39, 0.29) is 0 Å². The Balaban J connectivity index is 2.39. The molecule has 1 aliphatic rings. The fourth-order valence-corrected chi connectivity index (χ4v) is 2.26. The van der Waals surface area contributed by atoms with Gasteiger partial charge in [-0.1, -0.05) is 13.8 Å². The van der Waals surface area contributed by atoms with E-state index >= 15 is 0 Å². The number of benzene rings is 1. The largest absolute Gasteiger partial charge is 0.381 e. The van der Waals surface area contributed by atoms with Crippen molar-refractivity contribution < 1.29 is 0 Å². The van der Waals surface area contributed by atoms with E-state index < -0.39 is 0 Å². The summed E-state index contributed by atoms with van der Waals surface area (Å²) in [4.78, 5) is 2.28. The number of likely N-dealkylation sites (N-methyl/N-ethyl adjacent to an activating group) is 1. The van der Waals surface area contributed by atoms with Crippen molar-refractivity contribution in [2.75, 3.05) is 23.8 Å². The van der Waals surface area contributed by atoms with Crippen LogP contribution in [0.5, 0.6) is 0 Å². The molecule has 0 spiro atoms. The van der Waals surface area contributed by atoms with Crippen LogP contribution >= 0.6 is 0 Å². The highest BCUT2D eigenvalue weighted by atomic mass is 15.2. The SMILES string of the molecule is CC(C)C1CNc2ccc(C#N)cc2N1C. The van der Waals surface area contributed by atoms with Gasteiger partial charge in [-0.05, 0) is 24.1 Å². The maximum absolute atomic E-state index is 8.91. The summed E-state index contributed by atoms with van der Waals surface area (Å²) in [5.41, 5.74) is 2.97. The molecule has 16 heavy (non-hydrogen) atoms. The highest BCUT2D eigenvalue weighted by molar-refractivity contribution is 5.74. The van der Waals surface area contributed by atoms with Gasteiger partial charge in [-0.15, -0.1) is 0 Å². The van der Waals surface area contributed by atoms with Gasteiger partial charge in [0.2, 0.25) is 0 Å². The van der Waals surface area contributed by atoms with Crippen LogP contribution in [0, 0.1) is 17.2 Å². The number of anilines is 2. The summed E-state index contributed by atoms with van der Waals surface area (Å²) in [6, 6.07) is 8.47. The maximum atomic E-state index is 8.91. The predicted molar refractivity (Wildman–Crippen MR) is 66.7 cm³/mol. The van der Waals surface area contributed by atoms with Gasteiger partial charge in [-0.25, -0.2) is 0 Å². The van der Waals surface area contributed by atoms with Crippen LogP contribution in [0.2, 0.25) is 0 Å². The minimum absolute atomic E-state index is 0.487. The Morgan fingerprint density at radius 2 is 2.25 bits per heavy atom. The zero-order chi connectivity index (χ0) is 11.7. The Hall–Kier alpha value is -1.69. The van der Waals surface area contributed by atoms with E-state index in [9.17, 15) is 0 Å². The van der Waals surface area contributed by atoms with Gasteiger partial charge in [0.25, 0.3) is 0 Å². The molecule has 1 N–H and O–H groups in total. The smallest absolute Gasteiger partial charge is 0.0992 e. The highest BCUT2D eigenvalue weighted by Crippen LogP contribution is 2.32. The molecule has 2 rings (SSSR count). The monoisotopic (exact) mass is 215 g/mol. The highest BCUT2D eigenvalue weighted by Gasteiger charge is 2.25. The maximum Gasteiger partial charge on any atom is 0.0992 e. The predicted octanol–water partition coefficient (Wildman–Crippen LogP) is 2.44. The third kappa shape index (κ3) is 1.71. The van der Waals surface area contributed by atoms with E-state index in [1.165, 1.54) is 0 Å². The standard InChI is InChI=1S/C13H17N3/c1-9(2)13-8-15-11-5-4-10(7-14)6-12(11)16(13)3/h4-6,9,13,15H,8H2,1-3H3. The molecule has 1 aromatic carbocycles. The van der Waals surface area contributed by atoms with E-state index in [1.54, 1.807) is 0 Å². The van der Waals surface area contributed by atoms with Crippen molar-refractivity contribution in [2.45, 2.75) is 19.9 Å². The Morgan fingerprint density at radius 1 is 1.50 bits per heavy atom. The third-order valence-corrected chi connectivity index (χ3v) is 3.28. The van der Waals surface area contributed by atoms with Crippen LogP contribution in [-0.4, -0.2) is 19.6 Å². The molecular weight excluding hydrogens is 198 g/mol. The first kappa shape index (κ1) is 10.8. The first-order chi connectivity index (χ1) is 7.63. The Morgan fingerprint density at radius 3 is 2.88 bits per heavy atom. The number of fused-ring (bicyclic) bond motifs is 1. The van der Waals surface area contributed by atoms with Gasteiger partial charge in [0.05, 0.1) is 23.0 Å². The number of nitrogens with zero attached hydrogens (tertiary/aromatic N) is 2. The summed E-state index contributed by atoms with van der Waals surface area (Å²) in [7, 11) is 2.10. The molecule has 1 unspecified atom stereocenters. The summed E-state index contributed by atoms with van der Waals surface area (Å²) in [5, 5.41) is 12.3. The number of hydrogen-bond donors (Lipinski definition) is 1. The van der Waals surface area contributed by atoms with Crippen molar-refractivity contribution in [1.82, 2.24) is 0 Å². The third-order valence-electron chi connectivity index (χ3n) is 3.28. The van der Waals surface area contributed by atoms with Gasteiger partial charge < -0.3 is 10.2 Å². The molecule has 3 nitrogen and oxygen atoms in total. The molecule has 0 saturated carbocycles. The van der Waals surface area contributed by atoms with Gasteiger partial charge in [0, 0.05) is 19.6 Å². The zero-order valence-electron chi connectivity index (χ0n) is 9.99. The van der Waals surface area contributed by atoms with Crippen LogP contribution in [0.3, 0.4) is 0 Å². The van der Waals surface area contributed by atoms with Crippen molar-refractivity contribution in [3.05, 3.63) is 23.8 Å². The molecule has 1 aromatic rings. The lowest BCUT2D eigenvalue weighted by atomic mass is 9.99. The molecule has 1 heterocycles. The second-order valence-corrected chi connectivity index (χ2v) is 4.65. The summed E-state index contributed by atoms with van der Waals surface area (Å²) in [6.45, 7) is 5.41. The zero-order valence-corrected chi connectivity index (χ0v) is 9.99. The average Bonchev–Trinajstić information content (AvgIpc) is 2.28. The lowest BCUT2D eigenvalue weighted by molar-refractivity contribution is 0.482. The van der Waals surface area contributed by atoms with Crippen LogP contribution < -0.4 is 10.2 Å². The normalized spacial score (nSPS) is 18.9. The van der Waals surface area contributed by atoms with Crippen molar-refractivity contribution in [2.24, 2.45) is 5.92 Å². The Kier molecular flexibility index (Phi) is 2.74. The van der Waals surface area contributed by atoms with Crippen molar-refractivity contribution >= 4 is 11.4 Å². The Bertz CT molecular complexity index is 431. The average molecular weight is 215 g/mol. The molecule has 0 aromatic heterocycles. The topological polar surface area (TPSA) is 39.1 Å². The van der Waals surface area contributed by atoms with E-state index in [2.05, 4.69) is 37.2 Å². The number of rotatable bonds is 1. The summed E-state index contributed by atoms with van der Waals surface area (Å²) >= 11 is 0. The first-order valence-corrected chi connectivity index (χ1v) is 5.64. The summed E-state index contributed by atoms with van der Waals surface area (Å²) in [6.07, 6.45) is 0. The fourth-order valence-electron chi connectivity index (χ4n) is 2.26. The molecule has 84 valence electrons. The van der Waals surface area contributed by atoms with E-state index in [1.807, 2.05) is 18.2 Å². The summed E-state index contributed by atoms with van der Waals surface area (Å²) < 4.78 is 0. The van der Waals surface area contributed by atoms with Gasteiger partial charge in [-0.3, -0.25) is 0 Å². The van der Waals surface area contributed by atoms with Crippen molar-refractivity contribution in [3.8, 4) is 6.07 Å². The molecule has 3 heteroatoms. The molecule has 0 radical (unpaired) electrons. The lowest BCUT2D eigenvalue weighted by Gasteiger charge is -2.39. The van der Waals surface area contributed by atoms with Crippen LogP contribution in [0.25, 0.3) is 0 Å². The van der Waals surface area contributed by atoms with E-state index in [0.29, 0.717) is 12.0 Å². The second-order valence-electron chi connectivity index (χ2n) is 4.65. The van der Waals surface area contributed by atoms with Crippen molar-refractivity contribution in [3.63, 3.8) is 0 Å². The van der Waals surface area contributed by atoms with Crippen LogP contribution in [0.4, 0.5) is 11.4 Å². The van der Waals surface area contributed by atoms with Gasteiger partial charge in [0.15, 0.2) is 0 Å². The minimum atomic E-state index is 0.487. The number of nitriles is 1. The molecule has 0 amide bonds. The number of nitrogens with one attached hydrogen (secondary N) is 1. The number of hydrogen-bond acceptors (Lipinski definition) is 3. The van der Waals surface area contributed by atoms with Gasteiger partial charge >= 0.3 is 0 Å². The second kappa shape index (κ2) is 4.05.